The fraction of sp³-hybridized carbons (Fsp3) is 0.100. The predicted molar refractivity (Wildman–Crippen MR) is 53.3 cm³/mol. The number of furan rings is 1. The van der Waals surface area contributed by atoms with Crippen molar-refractivity contribution in [3.63, 3.8) is 0 Å². The van der Waals surface area contributed by atoms with Crippen molar-refractivity contribution >= 4 is 5.97 Å². The highest BCUT2D eigenvalue weighted by Crippen LogP contribution is 2.11. The van der Waals surface area contributed by atoms with Crippen LogP contribution in [-0.4, -0.2) is 20.6 Å². The number of rotatable bonds is 3. The Morgan fingerprint density at radius 1 is 1.50 bits per heavy atom. The van der Waals surface area contributed by atoms with Crippen LogP contribution in [0.4, 0.5) is 0 Å². The summed E-state index contributed by atoms with van der Waals surface area (Å²) in [5.41, 5.74) is -0.210. The highest BCUT2D eigenvalue weighted by atomic mass is 16.4. The van der Waals surface area contributed by atoms with Gasteiger partial charge in [0, 0.05) is 12.3 Å². The smallest absolute Gasteiger partial charge is 0.339 e. The van der Waals surface area contributed by atoms with Crippen molar-refractivity contribution in [3.8, 4) is 0 Å². The van der Waals surface area contributed by atoms with Gasteiger partial charge in [0.05, 0.1) is 19.1 Å². The molecule has 16 heavy (non-hydrogen) atoms. The third-order valence-corrected chi connectivity index (χ3v) is 2.08. The van der Waals surface area contributed by atoms with Gasteiger partial charge in [-0.3, -0.25) is 9.36 Å². The molecule has 0 aliphatic carbocycles. The summed E-state index contributed by atoms with van der Waals surface area (Å²) < 4.78 is 6.29. The summed E-state index contributed by atoms with van der Waals surface area (Å²) in [6.45, 7) is 0.0569. The van der Waals surface area contributed by atoms with Gasteiger partial charge >= 0.3 is 5.97 Å². The van der Waals surface area contributed by atoms with Crippen molar-refractivity contribution in [2.24, 2.45) is 0 Å². The molecule has 1 N–H and O–H groups in total. The second-order valence-electron chi connectivity index (χ2n) is 3.11. The molecular weight excluding hydrogens is 212 g/mol. The zero-order valence-electron chi connectivity index (χ0n) is 8.16. The maximum absolute atomic E-state index is 11.4. The average Bonchev–Trinajstić information content (AvgIpc) is 2.69. The van der Waals surface area contributed by atoms with Gasteiger partial charge in [-0.2, -0.15) is 0 Å². The van der Waals surface area contributed by atoms with E-state index in [0.717, 1.165) is 0 Å². The minimum absolute atomic E-state index is 0.0516. The molecule has 2 aromatic heterocycles. The predicted octanol–water partition coefficient (Wildman–Crippen LogP) is 0.583. The van der Waals surface area contributed by atoms with E-state index < -0.39 is 5.97 Å². The van der Waals surface area contributed by atoms with E-state index in [9.17, 15) is 9.59 Å². The Hall–Kier alpha value is -2.37. The quantitative estimate of drug-likeness (QED) is 0.817. The van der Waals surface area contributed by atoms with E-state index in [0.29, 0.717) is 0 Å². The van der Waals surface area contributed by atoms with Gasteiger partial charge in [-0.25, -0.2) is 9.78 Å². The van der Waals surface area contributed by atoms with Crippen molar-refractivity contribution < 1.29 is 14.3 Å². The molecule has 0 bridgehead atoms. The topological polar surface area (TPSA) is 85.3 Å². The van der Waals surface area contributed by atoms with Crippen LogP contribution in [0.15, 0.2) is 40.1 Å². The molecule has 6 nitrogen and oxygen atoms in total. The normalized spacial score (nSPS) is 10.2. The molecule has 0 aliphatic heterocycles. The number of carbonyl (C=O) groups is 1. The van der Waals surface area contributed by atoms with Crippen LogP contribution < -0.4 is 5.56 Å². The fourth-order valence-electron chi connectivity index (χ4n) is 1.31. The molecule has 0 spiro atoms. The summed E-state index contributed by atoms with van der Waals surface area (Å²) in [6, 6.07) is 2.64. The third-order valence-electron chi connectivity index (χ3n) is 2.08. The number of hydrogen-bond donors (Lipinski definition) is 1. The van der Waals surface area contributed by atoms with E-state index in [-0.39, 0.29) is 23.4 Å². The van der Waals surface area contributed by atoms with E-state index in [4.69, 9.17) is 9.52 Å². The number of aromatic nitrogens is 2. The minimum atomic E-state index is -1.08. The van der Waals surface area contributed by atoms with Gasteiger partial charge in [0.2, 0.25) is 0 Å². The molecule has 0 saturated carbocycles. The van der Waals surface area contributed by atoms with Crippen molar-refractivity contribution in [2.45, 2.75) is 6.54 Å². The van der Waals surface area contributed by atoms with Crippen LogP contribution in [0.25, 0.3) is 0 Å². The van der Waals surface area contributed by atoms with E-state index in [1.807, 2.05) is 0 Å². The van der Waals surface area contributed by atoms with E-state index in [2.05, 4.69) is 4.98 Å². The number of aromatic carboxylic acids is 1. The first-order chi connectivity index (χ1) is 7.68. The van der Waals surface area contributed by atoms with Gasteiger partial charge in [-0.1, -0.05) is 0 Å². The molecule has 0 aromatic carbocycles. The molecule has 0 saturated heterocycles. The third kappa shape index (κ3) is 1.85. The van der Waals surface area contributed by atoms with Crippen LogP contribution in [0.5, 0.6) is 0 Å². The Kier molecular flexibility index (Phi) is 2.55. The first kappa shape index (κ1) is 10.2. The summed E-state index contributed by atoms with van der Waals surface area (Å²) >= 11 is 0. The van der Waals surface area contributed by atoms with Crippen molar-refractivity contribution in [1.29, 1.82) is 0 Å². The van der Waals surface area contributed by atoms with Crippen LogP contribution in [0.2, 0.25) is 0 Å². The lowest BCUT2D eigenvalue weighted by Gasteiger charge is -2.02. The lowest BCUT2D eigenvalue weighted by Crippen LogP contribution is -2.20. The molecule has 82 valence electrons. The average molecular weight is 220 g/mol. The van der Waals surface area contributed by atoms with Crippen LogP contribution in [-0.2, 0) is 6.54 Å². The van der Waals surface area contributed by atoms with Gasteiger partial charge < -0.3 is 9.52 Å². The van der Waals surface area contributed by atoms with Gasteiger partial charge in [-0.05, 0) is 6.07 Å². The summed E-state index contributed by atoms with van der Waals surface area (Å²) in [6.07, 6.45) is 3.98. The largest absolute Gasteiger partial charge is 0.478 e. The molecule has 0 aliphatic rings. The molecule has 0 radical (unpaired) electrons. The molecule has 0 unspecified atom stereocenters. The highest BCUT2D eigenvalue weighted by Gasteiger charge is 2.13. The molecule has 2 heterocycles. The minimum Gasteiger partial charge on any atom is -0.478 e. The number of hydrogen-bond acceptors (Lipinski definition) is 4. The lowest BCUT2D eigenvalue weighted by atomic mass is 10.2. The van der Waals surface area contributed by atoms with E-state index in [1.54, 1.807) is 0 Å². The SMILES string of the molecule is O=C(O)c1ccoc1Cn1cnccc1=O. The Morgan fingerprint density at radius 3 is 3.00 bits per heavy atom. The van der Waals surface area contributed by atoms with E-state index in [1.165, 1.54) is 35.5 Å². The first-order valence-corrected chi connectivity index (χ1v) is 4.48. The Balaban J connectivity index is 2.35. The first-order valence-electron chi connectivity index (χ1n) is 4.48. The van der Waals surface area contributed by atoms with Crippen LogP contribution >= 0.6 is 0 Å². The Labute approximate surface area is 89.8 Å². The molecular formula is C10H8N2O4. The molecule has 6 heteroatoms. The van der Waals surface area contributed by atoms with Gasteiger partial charge in [0.25, 0.3) is 5.56 Å². The van der Waals surface area contributed by atoms with Crippen molar-refractivity contribution in [2.75, 3.05) is 0 Å². The molecule has 2 aromatic rings. The van der Waals surface area contributed by atoms with Crippen molar-refractivity contribution in [3.05, 3.63) is 52.6 Å². The zero-order chi connectivity index (χ0) is 11.5. The number of carboxylic acid groups (broad SMARTS) is 1. The highest BCUT2D eigenvalue weighted by molar-refractivity contribution is 5.88. The summed E-state index contributed by atoms with van der Waals surface area (Å²) in [7, 11) is 0. The summed E-state index contributed by atoms with van der Waals surface area (Å²) in [5, 5.41) is 8.84. The maximum Gasteiger partial charge on any atom is 0.339 e. The summed E-state index contributed by atoms with van der Waals surface area (Å²) in [4.78, 5) is 25.9. The fourth-order valence-corrected chi connectivity index (χ4v) is 1.31. The molecule has 2 rings (SSSR count). The lowest BCUT2D eigenvalue weighted by molar-refractivity contribution is 0.0694. The second-order valence-corrected chi connectivity index (χ2v) is 3.11. The van der Waals surface area contributed by atoms with Crippen LogP contribution in [0, 0.1) is 0 Å². The van der Waals surface area contributed by atoms with E-state index >= 15 is 0 Å². The second kappa shape index (κ2) is 4.01. The van der Waals surface area contributed by atoms with Gasteiger partial charge in [0.1, 0.15) is 11.3 Å². The van der Waals surface area contributed by atoms with Crippen LogP contribution in [0.1, 0.15) is 16.1 Å². The molecule has 0 atom stereocenters. The van der Waals surface area contributed by atoms with Gasteiger partial charge in [-0.15, -0.1) is 0 Å². The van der Waals surface area contributed by atoms with Gasteiger partial charge in [0.15, 0.2) is 0 Å². The summed E-state index contributed by atoms with van der Waals surface area (Å²) in [5.74, 6) is -0.858. The molecule has 0 fully saturated rings. The zero-order valence-corrected chi connectivity index (χ0v) is 8.16. The standard InChI is InChI=1S/C10H8N2O4/c13-9-1-3-11-6-12(9)5-8-7(10(14)15)2-4-16-8/h1-4,6H,5H2,(H,14,15). The Morgan fingerprint density at radius 2 is 2.31 bits per heavy atom. The number of carboxylic acids is 1. The monoisotopic (exact) mass is 220 g/mol. The van der Waals surface area contributed by atoms with Crippen molar-refractivity contribution in [1.82, 2.24) is 9.55 Å². The molecule has 0 amide bonds. The Bertz CT molecular complexity index is 570. The maximum atomic E-state index is 11.4. The number of nitrogens with zero attached hydrogens (tertiary/aromatic N) is 2. The van der Waals surface area contributed by atoms with Crippen LogP contribution in [0.3, 0.4) is 0 Å².